The van der Waals surface area contributed by atoms with E-state index in [2.05, 4.69) is 50.4 Å². The lowest BCUT2D eigenvalue weighted by atomic mass is 9.95. The Hall–Kier alpha value is -1.97. The first-order valence-corrected chi connectivity index (χ1v) is 11.8. The molecule has 3 heteroatoms. The second-order valence-electron chi connectivity index (χ2n) is 8.56. The van der Waals surface area contributed by atoms with Gasteiger partial charge in [0.1, 0.15) is 5.01 Å². The summed E-state index contributed by atoms with van der Waals surface area (Å²) < 4.78 is 0. The Balaban J connectivity index is 1.60. The lowest BCUT2D eigenvalue weighted by molar-refractivity contribution is 0.711. The molecule has 1 heterocycles. The standard InChI is InChI=1S/C26H32N2S/c1-17-12-23(18(2)11-20(17)9-10-27)14-24-16-29-26(28-24)25-15-22-8-6-4-5-7-21(22)13-19(25)3/h11-13,15-16H,4-10,14,27H2,1-3H3. The molecular weight excluding hydrogens is 372 g/mol. The third-order valence-corrected chi connectivity index (χ3v) is 7.23. The molecule has 2 nitrogen and oxygen atoms in total. The third kappa shape index (κ3) is 4.46. The van der Waals surface area contributed by atoms with E-state index in [0.29, 0.717) is 6.54 Å². The number of benzene rings is 2. The average Bonchev–Trinajstić information content (AvgIpc) is 3.03. The zero-order chi connectivity index (χ0) is 20.4. The highest BCUT2D eigenvalue weighted by atomic mass is 32.1. The van der Waals surface area contributed by atoms with Crippen LogP contribution in [0.5, 0.6) is 0 Å². The zero-order valence-corrected chi connectivity index (χ0v) is 18.8. The molecule has 0 saturated carbocycles. The second-order valence-corrected chi connectivity index (χ2v) is 9.42. The second kappa shape index (κ2) is 8.81. The van der Waals surface area contributed by atoms with Crippen molar-refractivity contribution < 1.29 is 0 Å². The van der Waals surface area contributed by atoms with Gasteiger partial charge in [0.05, 0.1) is 5.69 Å². The van der Waals surface area contributed by atoms with Crippen LogP contribution in [-0.2, 0) is 25.7 Å². The number of hydrogen-bond acceptors (Lipinski definition) is 3. The fourth-order valence-electron chi connectivity index (χ4n) is 4.57. The van der Waals surface area contributed by atoms with E-state index in [1.54, 1.807) is 22.5 Å². The molecule has 4 rings (SSSR count). The summed E-state index contributed by atoms with van der Waals surface area (Å²) in [5.74, 6) is 0. The predicted molar refractivity (Wildman–Crippen MR) is 125 cm³/mol. The molecule has 0 aliphatic heterocycles. The summed E-state index contributed by atoms with van der Waals surface area (Å²) in [6.07, 6.45) is 8.30. The minimum Gasteiger partial charge on any atom is -0.330 e. The van der Waals surface area contributed by atoms with Crippen LogP contribution in [0.3, 0.4) is 0 Å². The summed E-state index contributed by atoms with van der Waals surface area (Å²) in [6.45, 7) is 7.35. The molecule has 0 amide bonds. The number of rotatable bonds is 5. The quantitative estimate of drug-likeness (QED) is 0.522. The molecular formula is C26H32N2S. The summed E-state index contributed by atoms with van der Waals surface area (Å²) in [7, 11) is 0. The molecule has 1 aliphatic rings. The molecule has 152 valence electrons. The van der Waals surface area contributed by atoms with E-state index in [9.17, 15) is 0 Å². The first-order chi connectivity index (χ1) is 14.0. The largest absolute Gasteiger partial charge is 0.330 e. The topological polar surface area (TPSA) is 38.9 Å². The summed E-state index contributed by atoms with van der Waals surface area (Å²) >= 11 is 1.79. The Kier molecular flexibility index (Phi) is 6.17. The van der Waals surface area contributed by atoms with Crippen molar-refractivity contribution in [3.8, 4) is 10.6 Å². The Labute approximate surface area is 179 Å². The van der Waals surface area contributed by atoms with Gasteiger partial charge in [-0.25, -0.2) is 4.98 Å². The molecule has 1 aromatic heterocycles. The predicted octanol–water partition coefficient (Wildman–Crippen LogP) is 6.10. The number of aryl methyl sites for hydroxylation is 5. The maximum atomic E-state index is 5.75. The number of nitrogens with two attached hydrogens (primary N) is 1. The van der Waals surface area contributed by atoms with Gasteiger partial charge in [-0.3, -0.25) is 0 Å². The molecule has 0 bridgehead atoms. The van der Waals surface area contributed by atoms with Gasteiger partial charge >= 0.3 is 0 Å². The zero-order valence-electron chi connectivity index (χ0n) is 18.0. The number of hydrogen-bond donors (Lipinski definition) is 1. The molecule has 1 aliphatic carbocycles. The molecule has 0 unspecified atom stereocenters. The van der Waals surface area contributed by atoms with Gasteiger partial charge in [0, 0.05) is 17.4 Å². The average molecular weight is 405 g/mol. The van der Waals surface area contributed by atoms with Crippen LogP contribution in [0.2, 0.25) is 0 Å². The van der Waals surface area contributed by atoms with Crippen molar-refractivity contribution in [2.24, 2.45) is 5.73 Å². The third-order valence-electron chi connectivity index (χ3n) is 6.30. The van der Waals surface area contributed by atoms with Gasteiger partial charge in [0.15, 0.2) is 0 Å². The highest BCUT2D eigenvalue weighted by Gasteiger charge is 2.15. The first-order valence-electron chi connectivity index (χ1n) is 10.9. The lowest BCUT2D eigenvalue weighted by Crippen LogP contribution is -2.05. The van der Waals surface area contributed by atoms with E-state index in [1.807, 2.05) is 0 Å². The summed E-state index contributed by atoms with van der Waals surface area (Å²) in [6, 6.07) is 9.48. The Morgan fingerprint density at radius 3 is 2.31 bits per heavy atom. The summed E-state index contributed by atoms with van der Waals surface area (Å²) in [4.78, 5) is 5.04. The lowest BCUT2D eigenvalue weighted by Gasteiger charge is -2.12. The monoisotopic (exact) mass is 404 g/mol. The van der Waals surface area contributed by atoms with Crippen LogP contribution in [0.15, 0.2) is 29.6 Å². The van der Waals surface area contributed by atoms with Crippen LogP contribution in [0.4, 0.5) is 0 Å². The smallest absolute Gasteiger partial charge is 0.123 e. The minimum atomic E-state index is 0.704. The van der Waals surface area contributed by atoms with Crippen molar-refractivity contribution in [3.05, 3.63) is 74.3 Å². The van der Waals surface area contributed by atoms with E-state index in [0.717, 1.165) is 12.8 Å². The van der Waals surface area contributed by atoms with Gasteiger partial charge in [-0.15, -0.1) is 11.3 Å². The summed E-state index contributed by atoms with van der Waals surface area (Å²) in [5.41, 5.74) is 18.1. The van der Waals surface area contributed by atoms with Crippen molar-refractivity contribution in [1.82, 2.24) is 4.98 Å². The van der Waals surface area contributed by atoms with Gasteiger partial charge in [0.2, 0.25) is 0 Å². The summed E-state index contributed by atoms with van der Waals surface area (Å²) in [5, 5.41) is 3.40. The van der Waals surface area contributed by atoms with Gasteiger partial charge in [-0.05, 0) is 104 Å². The maximum absolute atomic E-state index is 5.75. The van der Waals surface area contributed by atoms with Crippen molar-refractivity contribution >= 4 is 11.3 Å². The van der Waals surface area contributed by atoms with Crippen molar-refractivity contribution in [2.45, 2.75) is 65.7 Å². The molecule has 0 fully saturated rings. The molecule has 29 heavy (non-hydrogen) atoms. The molecule has 3 aromatic rings. The number of fused-ring (bicyclic) bond motifs is 1. The fraction of sp³-hybridized carbons (Fsp3) is 0.423. The van der Waals surface area contributed by atoms with Crippen LogP contribution in [0.1, 0.15) is 63.9 Å². The molecule has 0 spiro atoms. The molecule has 0 saturated heterocycles. The normalized spacial score (nSPS) is 13.9. The Morgan fingerprint density at radius 1 is 0.862 bits per heavy atom. The van der Waals surface area contributed by atoms with Crippen LogP contribution in [0, 0.1) is 20.8 Å². The van der Waals surface area contributed by atoms with E-state index < -0.39 is 0 Å². The number of aromatic nitrogens is 1. The van der Waals surface area contributed by atoms with E-state index in [4.69, 9.17) is 10.7 Å². The van der Waals surface area contributed by atoms with Gasteiger partial charge < -0.3 is 5.73 Å². The molecule has 2 aromatic carbocycles. The fourth-order valence-corrected chi connectivity index (χ4v) is 5.47. The number of thiazole rings is 1. The number of nitrogens with zero attached hydrogens (tertiary/aromatic N) is 1. The first kappa shape index (κ1) is 20.3. The van der Waals surface area contributed by atoms with Gasteiger partial charge in [0.25, 0.3) is 0 Å². The Morgan fingerprint density at radius 2 is 1.55 bits per heavy atom. The van der Waals surface area contributed by atoms with Crippen LogP contribution < -0.4 is 5.73 Å². The van der Waals surface area contributed by atoms with Gasteiger partial charge in [-0.1, -0.05) is 24.6 Å². The maximum Gasteiger partial charge on any atom is 0.123 e. The highest BCUT2D eigenvalue weighted by Crippen LogP contribution is 2.32. The SMILES string of the molecule is Cc1cc(Cc2csc(-c3cc4c(cc3C)CCCCC4)n2)c(C)cc1CCN. The van der Waals surface area contributed by atoms with Crippen LogP contribution in [-0.4, -0.2) is 11.5 Å². The van der Waals surface area contributed by atoms with E-state index in [-0.39, 0.29) is 0 Å². The van der Waals surface area contributed by atoms with Crippen LogP contribution in [0.25, 0.3) is 10.6 Å². The minimum absolute atomic E-state index is 0.704. The molecule has 0 atom stereocenters. The van der Waals surface area contributed by atoms with E-state index in [1.165, 1.54) is 76.2 Å². The van der Waals surface area contributed by atoms with Gasteiger partial charge in [-0.2, -0.15) is 0 Å². The van der Waals surface area contributed by atoms with Crippen molar-refractivity contribution in [2.75, 3.05) is 6.54 Å². The Bertz CT molecular complexity index is 1020. The molecule has 0 radical (unpaired) electrons. The highest BCUT2D eigenvalue weighted by molar-refractivity contribution is 7.13. The van der Waals surface area contributed by atoms with E-state index >= 15 is 0 Å². The van der Waals surface area contributed by atoms with Crippen molar-refractivity contribution in [3.63, 3.8) is 0 Å². The molecule has 2 N–H and O–H groups in total. The van der Waals surface area contributed by atoms with Crippen molar-refractivity contribution in [1.29, 1.82) is 0 Å². The van der Waals surface area contributed by atoms with Crippen LogP contribution >= 0.6 is 11.3 Å².